The second-order valence-corrected chi connectivity index (χ2v) is 7.09. The van der Waals surface area contributed by atoms with Gasteiger partial charge in [0.25, 0.3) is 5.91 Å². The highest BCUT2D eigenvalue weighted by Gasteiger charge is 2.29. The maximum atomic E-state index is 12.6. The van der Waals surface area contributed by atoms with Crippen molar-refractivity contribution in [3.8, 4) is 11.4 Å². The Morgan fingerprint density at radius 1 is 1.21 bits per heavy atom. The topological polar surface area (TPSA) is 85.3 Å². The summed E-state index contributed by atoms with van der Waals surface area (Å²) in [4.78, 5) is 24.6. The Morgan fingerprint density at radius 3 is 2.72 bits per heavy atom. The lowest BCUT2D eigenvalue weighted by atomic mass is 10.0. The first kappa shape index (κ1) is 18.7. The molecule has 4 rings (SSSR count). The van der Waals surface area contributed by atoms with E-state index in [1.54, 1.807) is 19.2 Å². The van der Waals surface area contributed by atoms with Crippen LogP contribution < -0.4 is 15.4 Å². The fourth-order valence-electron chi connectivity index (χ4n) is 3.68. The largest absolute Gasteiger partial charge is 0.494 e. The molecule has 1 atom stereocenters. The Balaban J connectivity index is 1.51. The van der Waals surface area contributed by atoms with Crippen molar-refractivity contribution in [2.24, 2.45) is 0 Å². The molecule has 2 amide bonds. The number of hydrogen-bond donors (Lipinski definition) is 2. The van der Waals surface area contributed by atoms with Crippen LogP contribution in [0.15, 0.2) is 48.5 Å². The van der Waals surface area contributed by atoms with Gasteiger partial charge in [-0.3, -0.25) is 9.59 Å². The van der Waals surface area contributed by atoms with Gasteiger partial charge in [-0.25, -0.2) is 4.68 Å². The van der Waals surface area contributed by atoms with E-state index in [1.807, 2.05) is 54.9 Å². The van der Waals surface area contributed by atoms with Crippen LogP contribution in [0.5, 0.6) is 5.75 Å². The summed E-state index contributed by atoms with van der Waals surface area (Å²) in [6, 6.07) is 14.4. The van der Waals surface area contributed by atoms with E-state index in [4.69, 9.17) is 4.74 Å². The van der Waals surface area contributed by atoms with Crippen LogP contribution in [-0.4, -0.2) is 28.7 Å². The fourth-order valence-corrected chi connectivity index (χ4v) is 3.68. The van der Waals surface area contributed by atoms with Crippen LogP contribution in [-0.2, 0) is 4.79 Å². The number of ether oxygens (including phenoxy) is 1. The van der Waals surface area contributed by atoms with E-state index in [1.165, 1.54) is 0 Å². The van der Waals surface area contributed by atoms with Crippen molar-refractivity contribution in [1.82, 2.24) is 15.1 Å². The van der Waals surface area contributed by atoms with Crippen LogP contribution in [0.4, 0.5) is 5.69 Å². The van der Waals surface area contributed by atoms with Gasteiger partial charge in [0.15, 0.2) is 0 Å². The molecule has 0 bridgehead atoms. The average molecular weight is 390 g/mol. The fraction of sp³-hybridized carbons (Fsp3) is 0.227. The monoisotopic (exact) mass is 390 g/mol. The number of benzene rings is 2. The molecule has 0 fully saturated rings. The number of aromatic nitrogens is 2. The number of methoxy groups -OCH3 is 1. The third-order valence-corrected chi connectivity index (χ3v) is 4.98. The van der Waals surface area contributed by atoms with Crippen LogP contribution in [0.3, 0.4) is 0 Å². The molecule has 0 saturated carbocycles. The number of fused-ring (bicyclic) bond motifs is 1. The summed E-state index contributed by atoms with van der Waals surface area (Å²) in [5.41, 5.74) is 4.81. The number of nitrogens with zero attached hydrogens (tertiary/aromatic N) is 2. The molecule has 2 heterocycles. The van der Waals surface area contributed by atoms with E-state index in [2.05, 4.69) is 15.7 Å². The molecule has 7 nitrogen and oxygen atoms in total. The van der Waals surface area contributed by atoms with Crippen molar-refractivity contribution in [2.45, 2.75) is 26.3 Å². The first-order valence-corrected chi connectivity index (χ1v) is 9.37. The molecule has 3 aromatic rings. The van der Waals surface area contributed by atoms with E-state index in [0.29, 0.717) is 17.0 Å². The lowest BCUT2D eigenvalue weighted by molar-refractivity contribution is -0.116. The lowest BCUT2D eigenvalue weighted by Gasteiger charge is -2.14. The van der Waals surface area contributed by atoms with Crippen molar-refractivity contribution in [1.29, 1.82) is 0 Å². The van der Waals surface area contributed by atoms with Gasteiger partial charge in [0.05, 0.1) is 25.3 Å². The van der Waals surface area contributed by atoms with Crippen molar-refractivity contribution in [3.63, 3.8) is 0 Å². The standard InChI is InChI=1S/C22H22N4O3/c1-13-10-14(2)26(25-13)19-9-8-15(11-20(19)29-3)23-21(27)12-18-16-6-4-5-7-17(16)22(28)24-18/h4-11,18H,12H2,1-3H3,(H,23,27)(H,24,28)/t18-/m1/s1. The molecule has 2 aromatic carbocycles. The van der Waals surface area contributed by atoms with E-state index >= 15 is 0 Å². The van der Waals surface area contributed by atoms with Crippen LogP contribution in [0.25, 0.3) is 5.69 Å². The number of rotatable bonds is 5. The summed E-state index contributed by atoms with van der Waals surface area (Å²) in [7, 11) is 1.58. The van der Waals surface area contributed by atoms with Gasteiger partial charge in [-0.15, -0.1) is 0 Å². The molecular weight excluding hydrogens is 368 g/mol. The Hall–Kier alpha value is -3.61. The Kier molecular flexibility index (Phi) is 4.80. The summed E-state index contributed by atoms with van der Waals surface area (Å²) in [5.74, 6) is 0.274. The van der Waals surface area contributed by atoms with Gasteiger partial charge in [0.1, 0.15) is 11.4 Å². The zero-order valence-electron chi connectivity index (χ0n) is 16.5. The third-order valence-electron chi connectivity index (χ3n) is 4.98. The number of aryl methyl sites for hydroxylation is 2. The Bertz CT molecular complexity index is 1100. The normalized spacial score (nSPS) is 15.0. The molecular formula is C22H22N4O3. The van der Waals surface area contributed by atoms with E-state index < -0.39 is 0 Å². The van der Waals surface area contributed by atoms with E-state index in [9.17, 15) is 9.59 Å². The van der Waals surface area contributed by atoms with Gasteiger partial charge in [-0.2, -0.15) is 5.10 Å². The van der Waals surface area contributed by atoms with Gasteiger partial charge in [0.2, 0.25) is 5.91 Å². The second-order valence-electron chi connectivity index (χ2n) is 7.09. The van der Waals surface area contributed by atoms with Crippen molar-refractivity contribution in [2.75, 3.05) is 12.4 Å². The van der Waals surface area contributed by atoms with Crippen molar-refractivity contribution < 1.29 is 14.3 Å². The molecule has 0 aliphatic carbocycles. The van der Waals surface area contributed by atoms with Gasteiger partial charge in [-0.1, -0.05) is 18.2 Å². The first-order valence-electron chi connectivity index (χ1n) is 9.37. The summed E-state index contributed by atoms with van der Waals surface area (Å²) < 4.78 is 7.32. The SMILES string of the molecule is COc1cc(NC(=O)C[C@H]2NC(=O)c3ccccc32)ccc1-n1nc(C)cc1C. The maximum Gasteiger partial charge on any atom is 0.252 e. The summed E-state index contributed by atoms with van der Waals surface area (Å²) in [6.45, 7) is 3.91. The molecule has 29 heavy (non-hydrogen) atoms. The van der Waals surface area contributed by atoms with Gasteiger partial charge in [0, 0.05) is 23.0 Å². The summed E-state index contributed by atoms with van der Waals surface area (Å²) in [5, 5.41) is 10.2. The number of hydrogen-bond acceptors (Lipinski definition) is 4. The first-order chi connectivity index (χ1) is 14.0. The van der Waals surface area contributed by atoms with Crippen LogP contribution >= 0.6 is 0 Å². The van der Waals surface area contributed by atoms with Crippen LogP contribution in [0.1, 0.15) is 39.8 Å². The predicted octanol–water partition coefficient (Wildman–Crippen LogP) is 3.31. The average Bonchev–Trinajstić information content (AvgIpc) is 3.20. The molecule has 1 aliphatic heterocycles. The molecule has 2 N–H and O–H groups in total. The number of amides is 2. The Morgan fingerprint density at radius 2 is 2.00 bits per heavy atom. The molecule has 0 unspecified atom stereocenters. The van der Waals surface area contributed by atoms with Crippen molar-refractivity contribution >= 4 is 17.5 Å². The molecule has 0 spiro atoms. The molecule has 1 aromatic heterocycles. The molecule has 0 saturated heterocycles. The van der Waals surface area contributed by atoms with Crippen LogP contribution in [0, 0.1) is 13.8 Å². The van der Waals surface area contributed by atoms with Gasteiger partial charge < -0.3 is 15.4 Å². The highest BCUT2D eigenvalue weighted by Crippen LogP contribution is 2.30. The molecule has 1 aliphatic rings. The molecule has 0 radical (unpaired) electrons. The summed E-state index contributed by atoms with van der Waals surface area (Å²) in [6.07, 6.45) is 0.157. The number of anilines is 1. The highest BCUT2D eigenvalue weighted by molar-refractivity contribution is 6.00. The molecule has 7 heteroatoms. The van der Waals surface area contributed by atoms with Gasteiger partial charge in [-0.05, 0) is 43.7 Å². The van der Waals surface area contributed by atoms with Gasteiger partial charge >= 0.3 is 0 Å². The predicted molar refractivity (Wildman–Crippen MR) is 109 cm³/mol. The number of nitrogens with one attached hydrogen (secondary N) is 2. The van der Waals surface area contributed by atoms with E-state index in [-0.39, 0.29) is 24.3 Å². The zero-order valence-corrected chi connectivity index (χ0v) is 16.5. The smallest absolute Gasteiger partial charge is 0.252 e. The van der Waals surface area contributed by atoms with E-state index in [0.717, 1.165) is 22.6 Å². The number of carbonyl (C=O) groups is 2. The Labute approximate surface area is 168 Å². The maximum absolute atomic E-state index is 12.6. The minimum atomic E-state index is -0.324. The second kappa shape index (κ2) is 7.43. The third kappa shape index (κ3) is 3.59. The lowest BCUT2D eigenvalue weighted by Crippen LogP contribution is -2.24. The minimum absolute atomic E-state index is 0.144. The highest BCUT2D eigenvalue weighted by atomic mass is 16.5. The van der Waals surface area contributed by atoms with Crippen molar-refractivity contribution in [3.05, 3.63) is 71.0 Å². The van der Waals surface area contributed by atoms with Crippen LogP contribution in [0.2, 0.25) is 0 Å². The quantitative estimate of drug-likeness (QED) is 0.700. The number of carbonyl (C=O) groups excluding carboxylic acids is 2. The zero-order chi connectivity index (χ0) is 20.5. The molecule has 148 valence electrons. The minimum Gasteiger partial charge on any atom is -0.494 e. The summed E-state index contributed by atoms with van der Waals surface area (Å²) >= 11 is 0.